The standard InChI is InChI=1S/C31H37F2N5O5S/c1-31(2)19-38(44(40,41)24-14-20(32)13-21(33)15-24)18-26-28(35-36-30(26)31)17-29(39)25-4-3-23(37-7-11-43-12-8-37)16-27(25)34-22-5-9-42-10-6-22/h3-4,13-16,22,34H,5-12,17-19H2,1-2H3,(H,35,36). The van der Waals surface area contributed by atoms with Gasteiger partial charge < -0.3 is 19.7 Å². The fourth-order valence-corrected chi connectivity index (χ4v) is 7.87. The van der Waals surface area contributed by atoms with Gasteiger partial charge in [0.25, 0.3) is 0 Å². The number of sulfonamides is 1. The van der Waals surface area contributed by atoms with E-state index in [0.717, 1.165) is 49.4 Å². The quantitative estimate of drug-likeness (QED) is 0.359. The first-order valence-electron chi connectivity index (χ1n) is 14.9. The third kappa shape index (κ3) is 6.23. The van der Waals surface area contributed by atoms with Gasteiger partial charge in [0.2, 0.25) is 10.0 Å². The van der Waals surface area contributed by atoms with Crippen LogP contribution in [-0.4, -0.2) is 80.8 Å². The molecule has 3 aromatic rings. The zero-order chi connectivity index (χ0) is 31.1. The van der Waals surface area contributed by atoms with Gasteiger partial charge in [-0.1, -0.05) is 13.8 Å². The summed E-state index contributed by atoms with van der Waals surface area (Å²) in [7, 11) is -4.24. The van der Waals surface area contributed by atoms with E-state index < -0.39 is 32.0 Å². The van der Waals surface area contributed by atoms with Crippen LogP contribution in [-0.2, 0) is 37.9 Å². The lowest BCUT2D eigenvalue weighted by Crippen LogP contribution is -2.45. The van der Waals surface area contributed by atoms with Crippen molar-refractivity contribution in [3.63, 3.8) is 0 Å². The van der Waals surface area contributed by atoms with Gasteiger partial charge in [-0.3, -0.25) is 9.89 Å². The van der Waals surface area contributed by atoms with Gasteiger partial charge in [-0.15, -0.1) is 0 Å². The fourth-order valence-electron chi connectivity index (χ4n) is 6.25. The molecule has 3 aliphatic rings. The van der Waals surface area contributed by atoms with E-state index in [0.29, 0.717) is 55.0 Å². The fraction of sp³-hybridized carbons (Fsp3) is 0.484. The van der Waals surface area contributed by atoms with Crippen molar-refractivity contribution in [1.82, 2.24) is 14.5 Å². The van der Waals surface area contributed by atoms with Gasteiger partial charge >= 0.3 is 0 Å². The number of anilines is 2. The number of aromatic amines is 1. The number of carbonyl (C=O) groups excluding carboxylic acids is 1. The first-order valence-corrected chi connectivity index (χ1v) is 16.3. The Morgan fingerprint density at radius 3 is 2.43 bits per heavy atom. The van der Waals surface area contributed by atoms with Crippen LogP contribution in [0.5, 0.6) is 0 Å². The Morgan fingerprint density at radius 1 is 1.05 bits per heavy atom. The zero-order valence-corrected chi connectivity index (χ0v) is 25.7. The SMILES string of the molecule is CC1(C)CN(S(=O)(=O)c2cc(F)cc(F)c2)Cc2c1n[nH]c2CC(=O)c1ccc(N2CCOCC2)cc1NC1CCOCC1. The summed E-state index contributed by atoms with van der Waals surface area (Å²) in [5.41, 5.74) is 3.34. The molecular weight excluding hydrogens is 592 g/mol. The van der Waals surface area contributed by atoms with Gasteiger partial charge in [0, 0.05) is 85.1 Å². The summed E-state index contributed by atoms with van der Waals surface area (Å²) in [5, 5.41) is 11.1. The van der Waals surface area contributed by atoms with Crippen molar-refractivity contribution in [2.75, 3.05) is 56.3 Å². The molecule has 0 unspecified atom stereocenters. The number of rotatable bonds is 8. The minimum atomic E-state index is -4.24. The van der Waals surface area contributed by atoms with Gasteiger partial charge in [0.1, 0.15) is 11.6 Å². The van der Waals surface area contributed by atoms with Crippen molar-refractivity contribution in [2.45, 2.75) is 56.0 Å². The molecule has 13 heteroatoms. The van der Waals surface area contributed by atoms with Gasteiger partial charge in [0.05, 0.1) is 30.2 Å². The van der Waals surface area contributed by atoms with Crippen LogP contribution >= 0.6 is 0 Å². The number of ketones is 1. The number of Topliss-reactive ketones (excluding diaryl/α,β-unsaturated/α-hetero) is 1. The lowest BCUT2D eigenvalue weighted by atomic mass is 9.83. The van der Waals surface area contributed by atoms with Crippen LogP contribution < -0.4 is 10.2 Å². The van der Waals surface area contributed by atoms with E-state index in [1.54, 1.807) is 0 Å². The number of ether oxygens (including phenoxy) is 2. The van der Waals surface area contributed by atoms with Crippen LogP contribution in [0.25, 0.3) is 0 Å². The summed E-state index contributed by atoms with van der Waals surface area (Å²) in [6, 6.07) is 8.24. The maximum Gasteiger partial charge on any atom is 0.243 e. The van der Waals surface area contributed by atoms with E-state index in [1.807, 2.05) is 32.0 Å². The van der Waals surface area contributed by atoms with Crippen molar-refractivity contribution >= 4 is 27.2 Å². The molecule has 0 atom stereocenters. The molecule has 6 rings (SSSR count). The van der Waals surface area contributed by atoms with E-state index in [2.05, 4.69) is 20.4 Å². The number of nitrogens with zero attached hydrogens (tertiary/aromatic N) is 3. The van der Waals surface area contributed by atoms with Gasteiger partial charge in [-0.05, 0) is 43.2 Å². The molecule has 0 amide bonds. The second-order valence-electron chi connectivity index (χ2n) is 12.3. The van der Waals surface area contributed by atoms with E-state index in [4.69, 9.17) is 9.47 Å². The molecule has 236 valence electrons. The highest BCUT2D eigenvalue weighted by Gasteiger charge is 2.41. The highest BCUT2D eigenvalue weighted by atomic mass is 32.2. The first kappa shape index (κ1) is 30.6. The number of nitrogens with one attached hydrogen (secondary N) is 2. The average molecular weight is 630 g/mol. The van der Waals surface area contributed by atoms with E-state index in [9.17, 15) is 22.0 Å². The highest BCUT2D eigenvalue weighted by molar-refractivity contribution is 7.89. The van der Waals surface area contributed by atoms with Gasteiger partial charge in [0.15, 0.2) is 5.78 Å². The molecule has 4 heterocycles. The van der Waals surface area contributed by atoms with Crippen molar-refractivity contribution < 1.29 is 31.5 Å². The van der Waals surface area contributed by atoms with Crippen molar-refractivity contribution in [3.05, 3.63) is 70.5 Å². The summed E-state index contributed by atoms with van der Waals surface area (Å²) >= 11 is 0. The van der Waals surface area contributed by atoms with Crippen LogP contribution in [0.4, 0.5) is 20.2 Å². The molecule has 2 fully saturated rings. The number of H-pyrrole nitrogens is 1. The molecule has 1 aromatic heterocycles. The third-order valence-corrected chi connectivity index (χ3v) is 10.3. The zero-order valence-electron chi connectivity index (χ0n) is 24.9. The van der Waals surface area contributed by atoms with E-state index in [-0.39, 0.29) is 31.3 Å². The number of aromatic nitrogens is 2. The Bertz CT molecular complexity index is 1630. The third-order valence-electron chi connectivity index (χ3n) is 8.57. The molecule has 2 N–H and O–H groups in total. The predicted octanol–water partition coefficient (Wildman–Crippen LogP) is 4.02. The van der Waals surface area contributed by atoms with Crippen molar-refractivity contribution in [3.8, 4) is 0 Å². The number of fused-ring (bicyclic) bond motifs is 1. The highest BCUT2D eigenvalue weighted by Crippen LogP contribution is 2.37. The van der Waals surface area contributed by atoms with E-state index >= 15 is 0 Å². The van der Waals surface area contributed by atoms with E-state index in [1.165, 1.54) is 4.31 Å². The molecule has 3 aliphatic heterocycles. The molecular formula is C31H37F2N5O5S. The Labute approximate surface area is 255 Å². The molecule has 2 aromatic carbocycles. The summed E-state index contributed by atoms with van der Waals surface area (Å²) in [6.07, 6.45) is 1.64. The largest absolute Gasteiger partial charge is 0.381 e. The molecule has 0 saturated carbocycles. The number of halogens is 2. The number of morpholine rings is 1. The Balaban J connectivity index is 1.29. The molecule has 0 bridgehead atoms. The second-order valence-corrected chi connectivity index (χ2v) is 14.2. The summed E-state index contributed by atoms with van der Waals surface area (Å²) in [6.45, 7) is 7.81. The summed E-state index contributed by atoms with van der Waals surface area (Å²) in [4.78, 5) is 15.7. The van der Waals surface area contributed by atoms with Crippen LogP contribution in [0.15, 0.2) is 41.3 Å². The monoisotopic (exact) mass is 629 g/mol. The number of hydrogen-bond donors (Lipinski definition) is 2. The molecule has 10 nitrogen and oxygen atoms in total. The topological polar surface area (TPSA) is 117 Å². The summed E-state index contributed by atoms with van der Waals surface area (Å²) in [5.74, 6) is -2.09. The van der Waals surface area contributed by atoms with Crippen LogP contribution in [0.2, 0.25) is 0 Å². The number of carbonyl (C=O) groups is 1. The lowest BCUT2D eigenvalue weighted by Gasteiger charge is -2.36. The Kier molecular flexibility index (Phi) is 8.48. The van der Waals surface area contributed by atoms with Gasteiger partial charge in [-0.25, -0.2) is 17.2 Å². The van der Waals surface area contributed by atoms with Crippen molar-refractivity contribution in [2.24, 2.45) is 0 Å². The molecule has 0 radical (unpaired) electrons. The van der Waals surface area contributed by atoms with Crippen LogP contribution in [0.1, 0.15) is 54.0 Å². The predicted molar refractivity (Wildman–Crippen MR) is 161 cm³/mol. The number of hydrogen-bond acceptors (Lipinski definition) is 8. The molecule has 44 heavy (non-hydrogen) atoms. The molecule has 0 spiro atoms. The summed E-state index contributed by atoms with van der Waals surface area (Å²) < 4.78 is 67.2. The molecule has 2 saturated heterocycles. The Hall–Kier alpha value is -3.39. The maximum atomic E-state index is 14.0. The average Bonchev–Trinajstić information content (AvgIpc) is 3.41. The maximum absolute atomic E-state index is 14.0. The Morgan fingerprint density at radius 2 is 1.73 bits per heavy atom. The first-order chi connectivity index (χ1) is 21.0. The molecule has 0 aliphatic carbocycles. The minimum absolute atomic E-state index is 0.0275. The lowest BCUT2D eigenvalue weighted by molar-refractivity contribution is 0.0904. The van der Waals surface area contributed by atoms with Crippen LogP contribution in [0, 0.1) is 11.6 Å². The normalized spacial score (nSPS) is 19.5. The smallest absolute Gasteiger partial charge is 0.243 e. The number of benzene rings is 2. The second kappa shape index (κ2) is 12.2. The van der Waals surface area contributed by atoms with Crippen molar-refractivity contribution in [1.29, 1.82) is 0 Å². The minimum Gasteiger partial charge on any atom is -0.381 e. The van der Waals surface area contributed by atoms with Gasteiger partial charge in [-0.2, -0.15) is 9.40 Å². The van der Waals surface area contributed by atoms with Crippen LogP contribution in [0.3, 0.4) is 0 Å².